The van der Waals surface area contributed by atoms with E-state index in [1.807, 2.05) is 37.6 Å². The van der Waals surface area contributed by atoms with Gasteiger partial charge >= 0.3 is 0 Å². The summed E-state index contributed by atoms with van der Waals surface area (Å²) in [4.78, 5) is 27.3. The van der Waals surface area contributed by atoms with Crippen LogP contribution in [0.25, 0.3) is 33.4 Å². The van der Waals surface area contributed by atoms with Crippen molar-refractivity contribution in [2.45, 2.75) is 18.9 Å². The third-order valence-corrected chi connectivity index (χ3v) is 9.73. The molecule has 0 bridgehead atoms. The fraction of sp³-hybridized carbons (Fsp3) is 0.333. The van der Waals surface area contributed by atoms with Crippen LogP contribution in [0.5, 0.6) is 5.75 Å². The molecule has 11 heteroatoms. The summed E-state index contributed by atoms with van der Waals surface area (Å²) in [6.45, 7) is 7.70. The Morgan fingerprint density at radius 2 is 1.81 bits per heavy atom. The van der Waals surface area contributed by atoms with E-state index >= 15 is 0 Å². The number of nitrogens with zero attached hydrogens (tertiary/aromatic N) is 7. The topological polar surface area (TPSA) is 105 Å². The molecule has 5 heterocycles. The highest BCUT2D eigenvalue weighted by Crippen LogP contribution is 2.44. The molecule has 240 valence electrons. The van der Waals surface area contributed by atoms with Gasteiger partial charge in [-0.05, 0) is 56.0 Å². The molecule has 0 spiro atoms. The zero-order valence-corrected chi connectivity index (χ0v) is 27.0. The van der Waals surface area contributed by atoms with Gasteiger partial charge in [-0.15, -0.1) is 0 Å². The van der Waals surface area contributed by atoms with E-state index in [9.17, 15) is 4.79 Å². The van der Waals surface area contributed by atoms with E-state index in [2.05, 4.69) is 69.1 Å². The average Bonchev–Trinajstić information content (AvgIpc) is 3.34. The van der Waals surface area contributed by atoms with Crippen molar-refractivity contribution < 1.29 is 9.53 Å². The summed E-state index contributed by atoms with van der Waals surface area (Å²) >= 11 is 0. The molecule has 5 aromatic rings. The molecule has 3 aromatic heterocycles. The van der Waals surface area contributed by atoms with Crippen LogP contribution < -0.4 is 20.3 Å². The Hall–Kier alpha value is -5.16. The van der Waals surface area contributed by atoms with E-state index in [1.165, 1.54) is 24.4 Å². The summed E-state index contributed by atoms with van der Waals surface area (Å²) in [6, 6.07) is 14.9. The van der Waals surface area contributed by atoms with E-state index in [-0.39, 0.29) is 5.91 Å². The van der Waals surface area contributed by atoms with Crippen LogP contribution in [0.3, 0.4) is 0 Å². The molecular formula is C36H39N9O2. The minimum Gasteiger partial charge on any atom is -0.494 e. The number of aryl methyl sites for hydroxylation is 1. The van der Waals surface area contributed by atoms with Crippen LogP contribution in [-0.4, -0.2) is 75.5 Å². The van der Waals surface area contributed by atoms with Crippen LogP contribution in [-0.2, 0) is 11.8 Å². The monoisotopic (exact) mass is 629 g/mol. The lowest BCUT2D eigenvalue weighted by Gasteiger charge is -2.26. The van der Waals surface area contributed by atoms with Gasteiger partial charge < -0.3 is 29.7 Å². The van der Waals surface area contributed by atoms with Crippen LogP contribution in [0.2, 0.25) is 0 Å². The number of methoxy groups -OCH3 is 1. The van der Waals surface area contributed by atoms with Gasteiger partial charge in [-0.1, -0.05) is 24.8 Å². The number of nitrogens with one attached hydrogen (secondary N) is 2. The van der Waals surface area contributed by atoms with Gasteiger partial charge in [-0.2, -0.15) is 5.10 Å². The smallest absolute Gasteiger partial charge is 0.247 e. The van der Waals surface area contributed by atoms with E-state index < -0.39 is 0 Å². The Morgan fingerprint density at radius 3 is 2.51 bits per heavy atom. The number of hydrogen-bond donors (Lipinski definition) is 2. The minimum atomic E-state index is -0.271. The zero-order valence-electron chi connectivity index (χ0n) is 27.0. The van der Waals surface area contributed by atoms with Gasteiger partial charge in [-0.25, -0.2) is 9.97 Å². The van der Waals surface area contributed by atoms with Gasteiger partial charge in [0.2, 0.25) is 11.9 Å². The molecule has 11 nitrogen and oxygen atoms in total. The first-order valence-electron chi connectivity index (χ1n) is 16.2. The van der Waals surface area contributed by atoms with Crippen molar-refractivity contribution in [3.63, 3.8) is 0 Å². The maximum Gasteiger partial charge on any atom is 0.247 e. The van der Waals surface area contributed by atoms with Gasteiger partial charge in [0.25, 0.3) is 0 Å². The fourth-order valence-electron chi connectivity index (χ4n) is 7.37. The summed E-state index contributed by atoms with van der Waals surface area (Å²) in [5, 5.41) is 12.3. The second-order valence-electron chi connectivity index (χ2n) is 13.1. The van der Waals surface area contributed by atoms with Crippen LogP contribution in [0.15, 0.2) is 73.7 Å². The highest BCUT2D eigenvalue weighted by molar-refractivity contribution is 6.02. The maximum absolute atomic E-state index is 12.6. The molecule has 8 rings (SSSR count). The Bertz CT molecular complexity index is 1990. The summed E-state index contributed by atoms with van der Waals surface area (Å²) in [5.74, 6) is 1.97. The Balaban J connectivity index is 1.20. The minimum absolute atomic E-state index is 0.271. The maximum atomic E-state index is 12.6. The Kier molecular flexibility index (Phi) is 7.20. The third-order valence-electron chi connectivity index (χ3n) is 9.73. The molecule has 2 aliphatic heterocycles. The molecule has 47 heavy (non-hydrogen) atoms. The van der Waals surface area contributed by atoms with Crippen molar-refractivity contribution in [3.8, 4) is 28.3 Å². The normalized spacial score (nSPS) is 19.3. The molecule has 1 unspecified atom stereocenters. The molecular weight excluding hydrogens is 590 g/mol. The van der Waals surface area contributed by atoms with Crippen molar-refractivity contribution in [1.29, 1.82) is 0 Å². The highest BCUT2D eigenvalue weighted by Gasteiger charge is 2.39. The van der Waals surface area contributed by atoms with Crippen molar-refractivity contribution in [3.05, 3.63) is 73.7 Å². The molecule has 3 fully saturated rings. The molecule has 2 N–H and O–H groups in total. The van der Waals surface area contributed by atoms with E-state index in [4.69, 9.17) is 19.8 Å². The lowest BCUT2D eigenvalue weighted by atomic mass is 10.0. The number of fused-ring (bicyclic) bond motifs is 2. The summed E-state index contributed by atoms with van der Waals surface area (Å²) in [6.07, 6.45) is 9.63. The van der Waals surface area contributed by atoms with Crippen molar-refractivity contribution >= 4 is 39.8 Å². The number of anilines is 4. The number of amides is 1. The first-order chi connectivity index (χ1) is 22.9. The number of likely N-dealkylation sites (tertiary alicyclic amines) is 1. The molecule has 2 aromatic carbocycles. The second kappa shape index (κ2) is 11.6. The number of carbonyl (C=O) groups excluding carboxylic acids is 1. The van der Waals surface area contributed by atoms with Crippen molar-refractivity contribution in [2.24, 2.45) is 18.9 Å². The number of ether oxygens (including phenoxy) is 1. The van der Waals surface area contributed by atoms with Crippen molar-refractivity contribution in [1.82, 2.24) is 29.2 Å². The SMILES string of the molecule is C=CC(=O)Nc1cc(Nc2ncc(-c3ccn(C)n3)c(-c3cn(C4CC4)c4ccccc34)n2)c(OC)cc1N1CC2CN(C)C[C@@H]2C1. The molecule has 2 saturated heterocycles. The predicted octanol–water partition coefficient (Wildman–Crippen LogP) is 5.71. The Morgan fingerprint density at radius 1 is 1.02 bits per heavy atom. The zero-order chi connectivity index (χ0) is 32.2. The average molecular weight is 630 g/mol. The van der Waals surface area contributed by atoms with Crippen molar-refractivity contribution in [2.75, 3.05) is 55.9 Å². The molecule has 1 amide bonds. The largest absolute Gasteiger partial charge is 0.494 e. The molecule has 2 atom stereocenters. The van der Waals surface area contributed by atoms with E-state index in [0.717, 1.165) is 59.8 Å². The standard InChI is InChI=1S/C36H39N9O2/c1-5-34(46)38-29-14-30(33(47-4)15-32(29)44-19-22-17-42(2)18-23(22)20-44)39-36-37-16-26(28-12-13-43(3)41-28)35(40-36)27-21-45(24-10-11-24)31-9-7-6-8-25(27)31/h5-9,12-16,21-24H,1,10-11,17-20H2,2-4H3,(H,38,46)(H,37,39,40)/t22-,23?/m1/s1. The number of carbonyl (C=O) groups is 1. The van der Waals surface area contributed by atoms with Gasteiger partial charge in [0.05, 0.1) is 35.6 Å². The van der Waals surface area contributed by atoms with Crippen LogP contribution in [0, 0.1) is 11.8 Å². The second-order valence-corrected chi connectivity index (χ2v) is 13.1. The summed E-state index contributed by atoms with van der Waals surface area (Å²) < 4.78 is 10.1. The van der Waals surface area contributed by atoms with Crippen LogP contribution in [0.4, 0.5) is 23.0 Å². The van der Waals surface area contributed by atoms with E-state index in [1.54, 1.807) is 11.8 Å². The lowest BCUT2D eigenvalue weighted by Crippen LogP contribution is -2.27. The number of rotatable bonds is 9. The summed E-state index contributed by atoms with van der Waals surface area (Å²) in [7, 11) is 5.75. The van der Waals surface area contributed by atoms with Gasteiger partial charge in [0.15, 0.2) is 0 Å². The molecule has 1 saturated carbocycles. The third kappa shape index (κ3) is 5.40. The number of hydrogen-bond acceptors (Lipinski definition) is 8. The highest BCUT2D eigenvalue weighted by atomic mass is 16.5. The lowest BCUT2D eigenvalue weighted by molar-refractivity contribution is -0.111. The predicted molar refractivity (Wildman–Crippen MR) is 185 cm³/mol. The first-order valence-corrected chi connectivity index (χ1v) is 16.2. The van der Waals surface area contributed by atoms with Gasteiger partial charge in [-0.3, -0.25) is 9.48 Å². The molecule has 0 radical (unpaired) electrons. The summed E-state index contributed by atoms with van der Waals surface area (Å²) in [5.41, 5.74) is 6.93. The Labute approximate surface area is 273 Å². The fourth-order valence-corrected chi connectivity index (χ4v) is 7.37. The van der Waals surface area contributed by atoms with Gasteiger partial charge in [0, 0.05) is 86.0 Å². The van der Waals surface area contributed by atoms with E-state index in [0.29, 0.717) is 41.0 Å². The molecule has 1 aliphatic carbocycles. The van der Waals surface area contributed by atoms with Crippen LogP contribution >= 0.6 is 0 Å². The number of aromatic nitrogens is 5. The molecule has 3 aliphatic rings. The number of benzene rings is 2. The van der Waals surface area contributed by atoms with Crippen LogP contribution in [0.1, 0.15) is 18.9 Å². The quantitative estimate of drug-likeness (QED) is 0.200. The number of para-hydroxylation sites is 1. The first kappa shape index (κ1) is 29.3. The van der Waals surface area contributed by atoms with Gasteiger partial charge in [0.1, 0.15) is 5.75 Å².